The Morgan fingerprint density at radius 3 is 3.04 bits per heavy atom. The molecular formula is C18H24N4O3S. The van der Waals surface area contributed by atoms with E-state index in [1.165, 1.54) is 11.3 Å². The van der Waals surface area contributed by atoms with Crippen molar-refractivity contribution in [2.24, 2.45) is 11.8 Å². The molecule has 1 saturated heterocycles. The number of carbonyl (C=O) groups excluding carboxylic acids is 2. The largest absolute Gasteiger partial charge is 0.337 e. The average molecular weight is 376 g/mol. The zero-order chi connectivity index (χ0) is 18.5. The zero-order valence-electron chi connectivity index (χ0n) is 15.1. The normalized spacial score (nSPS) is 17.5. The Kier molecular flexibility index (Phi) is 6.03. The molecule has 3 heterocycles. The average Bonchev–Trinajstić information content (AvgIpc) is 3.30. The fourth-order valence-electron chi connectivity index (χ4n) is 3.07. The summed E-state index contributed by atoms with van der Waals surface area (Å²) in [5.41, 5.74) is 0. The number of nitrogens with one attached hydrogen (secondary N) is 1. The molecule has 2 aromatic rings. The second kappa shape index (κ2) is 8.44. The van der Waals surface area contributed by atoms with E-state index in [2.05, 4.69) is 29.3 Å². The maximum atomic E-state index is 12.5. The van der Waals surface area contributed by atoms with Crippen molar-refractivity contribution in [3.8, 4) is 0 Å². The van der Waals surface area contributed by atoms with Crippen LogP contribution in [0.2, 0.25) is 0 Å². The first-order chi connectivity index (χ1) is 12.5. The molecule has 2 aromatic heterocycles. The summed E-state index contributed by atoms with van der Waals surface area (Å²) in [6.45, 7) is 5.47. The van der Waals surface area contributed by atoms with Gasteiger partial charge in [-0.05, 0) is 30.2 Å². The highest BCUT2D eigenvalue weighted by Gasteiger charge is 2.29. The number of Topliss-reactive ketones (excluding diaryl/α,β-unsaturated/α-hetero) is 1. The van der Waals surface area contributed by atoms with Crippen LogP contribution in [-0.2, 0) is 13.0 Å². The summed E-state index contributed by atoms with van der Waals surface area (Å²) in [6.07, 6.45) is 2.40. The molecule has 0 spiro atoms. The third kappa shape index (κ3) is 4.69. The maximum Gasteiger partial charge on any atom is 0.317 e. The fourth-order valence-corrected chi connectivity index (χ4v) is 3.81. The standard InChI is InChI=1S/C18H24N4O3S/c1-12(2)9-15-20-16(25-21-15)10-19-18(24)22-7-3-5-13(11-22)17(23)14-6-4-8-26-14/h4,6,8,12-13H,3,5,7,9-11H2,1-2H3,(H,19,24)/t13-/m1/s1. The molecule has 0 bridgehead atoms. The minimum absolute atomic E-state index is 0.130. The van der Waals surface area contributed by atoms with Crippen LogP contribution >= 0.6 is 11.3 Å². The summed E-state index contributed by atoms with van der Waals surface area (Å²) < 4.78 is 5.16. The van der Waals surface area contributed by atoms with Crippen LogP contribution < -0.4 is 5.32 Å². The first-order valence-corrected chi connectivity index (χ1v) is 9.83. The Hall–Kier alpha value is -2.22. The molecule has 1 N–H and O–H groups in total. The van der Waals surface area contributed by atoms with Gasteiger partial charge in [-0.25, -0.2) is 4.79 Å². The van der Waals surface area contributed by atoms with Crippen molar-refractivity contribution >= 4 is 23.2 Å². The maximum absolute atomic E-state index is 12.5. The van der Waals surface area contributed by atoms with E-state index in [0.717, 1.165) is 24.1 Å². The van der Waals surface area contributed by atoms with Crippen molar-refractivity contribution in [3.63, 3.8) is 0 Å². The van der Waals surface area contributed by atoms with E-state index in [1.54, 1.807) is 4.90 Å². The summed E-state index contributed by atoms with van der Waals surface area (Å²) >= 11 is 1.45. The number of carbonyl (C=O) groups is 2. The van der Waals surface area contributed by atoms with Gasteiger partial charge in [-0.2, -0.15) is 4.98 Å². The van der Waals surface area contributed by atoms with Crippen molar-refractivity contribution in [1.29, 1.82) is 0 Å². The molecule has 0 saturated carbocycles. The minimum atomic E-state index is -0.197. The van der Waals surface area contributed by atoms with Gasteiger partial charge in [0.25, 0.3) is 0 Å². The van der Waals surface area contributed by atoms with Gasteiger partial charge < -0.3 is 14.7 Å². The number of amides is 2. The Bertz CT molecular complexity index is 741. The number of nitrogens with zero attached hydrogens (tertiary/aromatic N) is 3. The van der Waals surface area contributed by atoms with Crippen molar-refractivity contribution in [2.75, 3.05) is 13.1 Å². The van der Waals surface area contributed by atoms with E-state index in [4.69, 9.17) is 4.52 Å². The molecule has 7 nitrogen and oxygen atoms in total. The number of ketones is 1. The SMILES string of the molecule is CC(C)Cc1noc(CNC(=O)N2CCC[C@@H](C(=O)c3cccs3)C2)n1. The van der Waals surface area contributed by atoms with Gasteiger partial charge in [-0.3, -0.25) is 4.79 Å². The minimum Gasteiger partial charge on any atom is -0.337 e. The van der Waals surface area contributed by atoms with Crippen LogP contribution in [0.1, 0.15) is 48.1 Å². The molecular weight excluding hydrogens is 352 g/mol. The summed E-state index contributed by atoms with van der Waals surface area (Å²) in [5.74, 6) is 1.50. The van der Waals surface area contributed by atoms with Gasteiger partial charge in [-0.1, -0.05) is 25.1 Å². The van der Waals surface area contributed by atoms with Crippen LogP contribution in [0, 0.1) is 11.8 Å². The summed E-state index contributed by atoms with van der Waals surface area (Å²) in [4.78, 5) is 31.7. The number of thiophene rings is 1. The fraction of sp³-hybridized carbons (Fsp3) is 0.556. The van der Waals surface area contributed by atoms with Gasteiger partial charge in [0.15, 0.2) is 11.6 Å². The zero-order valence-corrected chi connectivity index (χ0v) is 15.9. The van der Waals surface area contributed by atoms with Gasteiger partial charge in [0.1, 0.15) is 0 Å². The molecule has 0 unspecified atom stereocenters. The summed E-state index contributed by atoms with van der Waals surface area (Å²) in [7, 11) is 0. The number of piperidine rings is 1. The molecule has 26 heavy (non-hydrogen) atoms. The van der Waals surface area contributed by atoms with E-state index >= 15 is 0 Å². The molecule has 8 heteroatoms. The second-order valence-corrected chi connectivity index (χ2v) is 7.94. The molecule has 1 fully saturated rings. The molecule has 1 atom stereocenters. The molecule has 1 aliphatic heterocycles. The Morgan fingerprint density at radius 2 is 2.31 bits per heavy atom. The van der Waals surface area contributed by atoms with Crippen molar-refractivity contribution in [2.45, 2.75) is 39.7 Å². The van der Waals surface area contributed by atoms with E-state index in [0.29, 0.717) is 30.7 Å². The monoisotopic (exact) mass is 376 g/mol. The summed E-state index contributed by atoms with van der Waals surface area (Å²) in [6, 6.07) is 3.52. The lowest BCUT2D eigenvalue weighted by atomic mass is 9.93. The predicted molar refractivity (Wildman–Crippen MR) is 98.0 cm³/mol. The number of urea groups is 1. The van der Waals surface area contributed by atoms with Gasteiger partial charge in [0.05, 0.1) is 11.4 Å². The third-order valence-corrected chi connectivity index (χ3v) is 5.22. The lowest BCUT2D eigenvalue weighted by Crippen LogP contribution is -2.46. The van der Waals surface area contributed by atoms with E-state index in [-0.39, 0.29) is 24.3 Å². The molecule has 0 aromatic carbocycles. The first-order valence-electron chi connectivity index (χ1n) is 8.95. The third-order valence-electron chi connectivity index (χ3n) is 4.34. The van der Waals surface area contributed by atoms with E-state index < -0.39 is 0 Å². The number of aromatic nitrogens is 2. The van der Waals surface area contributed by atoms with Crippen molar-refractivity contribution < 1.29 is 14.1 Å². The number of likely N-dealkylation sites (tertiary alicyclic amines) is 1. The van der Waals surface area contributed by atoms with Crippen LogP contribution in [0.15, 0.2) is 22.0 Å². The van der Waals surface area contributed by atoms with Crippen LogP contribution in [0.3, 0.4) is 0 Å². The van der Waals surface area contributed by atoms with Crippen LogP contribution in [0.4, 0.5) is 4.79 Å². The first kappa shape index (κ1) is 18.6. The molecule has 0 radical (unpaired) electrons. The van der Waals surface area contributed by atoms with Gasteiger partial charge in [0.2, 0.25) is 5.89 Å². The predicted octanol–water partition coefficient (Wildman–Crippen LogP) is 3.13. The van der Waals surface area contributed by atoms with Crippen LogP contribution in [0.25, 0.3) is 0 Å². The van der Waals surface area contributed by atoms with Gasteiger partial charge in [-0.15, -0.1) is 11.3 Å². The topological polar surface area (TPSA) is 88.3 Å². The molecule has 1 aliphatic rings. The molecule has 2 amide bonds. The van der Waals surface area contributed by atoms with Crippen molar-refractivity contribution in [3.05, 3.63) is 34.1 Å². The highest BCUT2D eigenvalue weighted by molar-refractivity contribution is 7.12. The Morgan fingerprint density at radius 1 is 1.46 bits per heavy atom. The van der Waals surface area contributed by atoms with Gasteiger partial charge in [0, 0.05) is 25.4 Å². The van der Waals surface area contributed by atoms with E-state index in [1.807, 2.05) is 17.5 Å². The quantitative estimate of drug-likeness (QED) is 0.783. The highest BCUT2D eigenvalue weighted by atomic mass is 32.1. The highest BCUT2D eigenvalue weighted by Crippen LogP contribution is 2.23. The smallest absolute Gasteiger partial charge is 0.317 e. The molecule has 0 aliphatic carbocycles. The van der Waals surface area contributed by atoms with Crippen molar-refractivity contribution in [1.82, 2.24) is 20.4 Å². The van der Waals surface area contributed by atoms with E-state index in [9.17, 15) is 9.59 Å². The van der Waals surface area contributed by atoms with Gasteiger partial charge >= 0.3 is 6.03 Å². The lowest BCUT2D eigenvalue weighted by molar-refractivity contribution is 0.0849. The lowest BCUT2D eigenvalue weighted by Gasteiger charge is -2.31. The van der Waals surface area contributed by atoms with Crippen LogP contribution in [0.5, 0.6) is 0 Å². The Balaban J connectivity index is 1.51. The molecule has 140 valence electrons. The number of rotatable bonds is 6. The summed E-state index contributed by atoms with van der Waals surface area (Å²) in [5, 5.41) is 8.63. The Labute approximate surface area is 156 Å². The van der Waals surface area contributed by atoms with Crippen LogP contribution in [-0.4, -0.2) is 39.9 Å². The number of hydrogen-bond donors (Lipinski definition) is 1. The number of hydrogen-bond acceptors (Lipinski definition) is 6. The molecule has 3 rings (SSSR count). The second-order valence-electron chi connectivity index (χ2n) is 6.99.